The predicted octanol–water partition coefficient (Wildman–Crippen LogP) is 0.826. The van der Waals surface area contributed by atoms with Crippen LogP contribution in [0.4, 0.5) is 17.6 Å². The lowest BCUT2D eigenvalue weighted by Gasteiger charge is -2.42. The normalized spacial score (nSPS) is 31.4. The summed E-state index contributed by atoms with van der Waals surface area (Å²) in [5.41, 5.74) is -0.589. The van der Waals surface area contributed by atoms with Gasteiger partial charge in [-0.05, 0) is 6.07 Å². The van der Waals surface area contributed by atoms with Crippen molar-refractivity contribution >= 4 is 0 Å². The summed E-state index contributed by atoms with van der Waals surface area (Å²) in [6.07, 6.45) is -1.98. The first kappa shape index (κ1) is 14.6. The molecule has 1 aromatic heterocycles. The molecule has 2 atom stereocenters. The van der Waals surface area contributed by atoms with Crippen LogP contribution in [0.3, 0.4) is 0 Å². The van der Waals surface area contributed by atoms with Crippen molar-refractivity contribution in [2.45, 2.75) is 17.9 Å². The van der Waals surface area contributed by atoms with Gasteiger partial charge in [-0.15, -0.1) is 0 Å². The molecular weight excluding hydrogens is 292 g/mol. The lowest BCUT2D eigenvalue weighted by molar-refractivity contribution is -0.204. The second-order valence-corrected chi connectivity index (χ2v) is 5.21. The number of hydrogen-bond donors (Lipinski definition) is 1. The smallest absolute Gasteiger partial charge is 0.349 e. The molecule has 0 radical (unpaired) electrons. The van der Waals surface area contributed by atoms with E-state index >= 15 is 0 Å². The van der Waals surface area contributed by atoms with Crippen molar-refractivity contribution in [2.75, 3.05) is 26.2 Å². The van der Waals surface area contributed by atoms with Crippen molar-refractivity contribution in [1.82, 2.24) is 14.9 Å². The van der Waals surface area contributed by atoms with Crippen molar-refractivity contribution in [3.05, 3.63) is 29.8 Å². The minimum Gasteiger partial charge on any atom is -0.349 e. The summed E-state index contributed by atoms with van der Waals surface area (Å²) in [7, 11) is 0. The fourth-order valence-corrected chi connectivity index (χ4v) is 2.64. The van der Waals surface area contributed by atoms with Gasteiger partial charge in [-0.1, -0.05) is 0 Å². The fourth-order valence-electron chi connectivity index (χ4n) is 2.64. The third-order valence-electron chi connectivity index (χ3n) is 3.88. The van der Waals surface area contributed by atoms with E-state index in [4.69, 9.17) is 10.6 Å². The summed E-state index contributed by atoms with van der Waals surface area (Å²) >= 11 is 0. The standard InChI is InChI=1S/C12H14F4N4O/c13-9-3-8(4-18-5-9)11(7-21-11)19-1-2-20(17)10(6-19)12(14,15)16/h3-5,10H,1-2,6-7,17H2. The minimum atomic E-state index is -4.43. The van der Waals surface area contributed by atoms with Gasteiger partial charge in [0.15, 0.2) is 5.72 Å². The number of hydrazine groups is 1. The molecule has 0 aliphatic carbocycles. The maximum absolute atomic E-state index is 13.3. The highest BCUT2D eigenvalue weighted by atomic mass is 19.4. The Morgan fingerprint density at radius 2 is 2.05 bits per heavy atom. The molecule has 116 valence electrons. The highest BCUT2D eigenvalue weighted by molar-refractivity contribution is 5.24. The van der Waals surface area contributed by atoms with E-state index in [0.29, 0.717) is 12.1 Å². The van der Waals surface area contributed by atoms with Crippen LogP contribution >= 0.6 is 0 Å². The Kier molecular flexibility index (Phi) is 3.40. The Bertz CT molecular complexity index is 534. The first-order valence-electron chi connectivity index (χ1n) is 6.41. The van der Waals surface area contributed by atoms with Crippen molar-refractivity contribution in [3.8, 4) is 0 Å². The molecule has 0 spiro atoms. The number of piperazine rings is 1. The molecule has 5 nitrogen and oxygen atoms in total. The molecule has 0 aromatic carbocycles. The quantitative estimate of drug-likeness (QED) is 0.498. The molecule has 3 rings (SSSR count). The Hall–Kier alpha value is -1.29. The Morgan fingerprint density at radius 1 is 1.33 bits per heavy atom. The molecule has 0 bridgehead atoms. The molecule has 2 unspecified atom stereocenters. The number of aromatic nitrogens is 1. The number of hydrogen-bond acceptors (Lipinski definition) is 5. The summed E-state index contributed by atoms with van der Waals surface area (Å²) in [6, 6.07) is -0.536. The fraction of sp³-hybridized carbons (Fsp3) is 0.583. The maximum atomic E-state index is 13.3. The first-order chi connectivity index (χ1) is 9.83. The number of epoxide rings is 1. The average Bonchev–Trinajstić information content (AvgIpc) is 3.19. The van der Waals surface area contributed by atoms with E-state index in [-0.39, 0.29) is 19.7 Å². The van der Waals surface area contributed by atoms with Gasteiger partial charge in [0, 0.05) is 31.4 Å². The zero-order valence-electron chi connectivity index (χ0n) is 11.0. The molecular formula is C12H14F4N4O. The summed E-state index contributed by atoms with van der Waals surface area (Å²) in [5.74, 6) is 4.88. The van der Waals surface area contributed by atoms with Gasteiger partial charge < -0.3 is 4.74 Å². The molecule has 2 aliphatic rings. The van der Waals surface area contributed by atoms with Gasteiger partial charge in [0.05, 0.1) is 12.8 Å². The number of halogens is 4. The number of pyridine rings is 1. The van der Waals surface area contributed by atoms with Crippen LogP contribution in [-0.4, -0.2) is 53.4 Å². The molecule has 3 heterocycles. The van der Waals surface area contributed by atoms with Crippen molar-refractivity contribution in [2.24, 2.45) is 5.84 Å². The Labute approximate surface area is 118 Å². The SMILES string of the molecule is NN1CCN(C2(c3cncc(F)c3)CO2)CC1C(F)(F)F. The highest BCUT2D eigenvalue weighted by Gasteiger charge is 2.56. The van der Waals surface area contributed by atoms with Gasteiger partial charge in [0.2, 0.25) is 0 Å². The van der Waals surface area contributed by atoms with Crippen molar-refractivity contribution in [1.29, 1.82) is 0 Å². The summed E-state index contributed by atoms with van der Waals surface area (Å²) in [6.45, 7) is 0.251. The zero-order valence-corrected chi connectivity index (χ0v) is 11.0. The molecule has 2 saturated heterocycles. The van der Waals surface area contributed by atoms with Gasteiger partial charge >= 0.3 is 6.18 Å². The number of ether oxygens (including phenoxy) is 1. The topological polar surface area (TPSA) is 57.9 Å². The number of nitrogens with two attached hydrogens (primary N) is 1. The van der Waals surface area contributed by atoms with E-state index in [9.17, 15) is 17.6 Å². The van der Waals surface area contributed by atoms with E-state index < -0.39 is 23.8 Å². The van der Waals surface area contributed by atoms with Gasteiger partial charge in [0.25, 0.3) is 0 Å². The molecule has 2 N–H and O–H groups in total. The van der Waals surface area contributed by atoms with Crippen LogP contribution < -0.4 is 5.84 Å². The van der Waals surface area contributed by atoms with Gasteiger partial charge in [-0.2, -0.15) is 13.2 Å². The van der Waals surface area contributed by atoms with E-state index in [2.05, 4.69) is 4.98 Å². The molecule has 21 heavy (non-hydrogen) atoms. The Balaban J connectivity index is 1.84. The summed E-state index contributed by atoms with van der Waals surface area (Å²) < 4.78 is 57.6. The molecule has 9 heteroatoms. The van der Waals surface area contributed by atoms with Crippen molar-refractivity contribution < 1.29 is 22.3 Å². The monoisotopic (exact) mass is 306 g/mol. The number of rotatable bonds is 2. The van der Waals surface area contributed by atoms with Crippen LogP contribution in [0.1, 0.15) is 5.56 Å². The number of nitrogens with zero attached hydrogens (tertiary/aromatic N) is 3. The third kappa shape index (κ3) is 2.61. The maximum Gasteiger partial charge on any atom is 0.406 e. The number of alkyl halides is 3. The molecule has 2 fully saturated rings. The van der Waals surface area contributed by atoms with Crippen LogP contribution in [0.15, 0.2) is 18.5 Å². The highest BCUT2D eigenvalue weighted by Crippen LogP contribution is 2.43. The van der Waals surface area contributed by atoms with Gasteiger partial charge in [-0.3, -0.25) is 15.7 Å². The van der Waals surface area contributed by atoms with Crippen LogP contribution in [0.2, 0.25) is 0 Å². The largest absolute Gasteiger partial charge is 0.406 e. The van der Waals surface area contributed by atoms with E-state index in [0.717, 1.165) is 11.2 Å². The minimum absolute atomic E-state index is 0.0536. The van der Waals surface area contributed by atoms with E-state index in [1.54, 1.807) is 4.90 Å². The van der Waals surface area contributed by atoms with Gasteiger partial charge in [0.1, 0.15) is 11.9 Å². The lowest BCUT2D eigenvalue weighted by Crippen LogP contribution is -2.63. The van der Waals surface area contributed by atoms with Crippen LogP contribution in [0, 0.1) is 5.82 Å². The molecule has 0 amide bonds. The van der Waals surface area contributed by atoms with Crippen LogP contribution in [0.25, 0.3) is 0 Å². The van der Waals surface area contributed by atoms with Crippen LogP contribution in [-0.2, 0) is 10.5 Å². The summed E-state index contributed by atoms with van der Waals surface area (Å²) in [4.78, 5) is 5.28. The zero-order chi connectivity index (χ0) is 15.3. The second-order valence-electron chi connectivity index (χ2n) is 5.21. The second kappa shape index (κ2) is 4.87. The summed E-state index contributed by atoms with van der Waals surface area (Å²) in [5, 5.41) is 0.788. The third-order valence-corrected chi connectivity index (χ3v) is 3.88. The molecule has 1 aromatic rings. The average molecular weight is 306 g/mol. The van der Waals surface area contributed by atoms with E-state index in [1.807, 2.05) is 0 Å². The predicted molar refractivity (Wildman–Crippen MR) is 64.1 cm³/mol. The first-order valence-corrected chi connectivity index (χ1v) is 6.41. The van der Waals surface area contributed by atoms with Gasteiger partial charge in [-0.25, -0.2) is 9.40 Å². The molecule has 2 aliphatic heterocycles. The van der Waals surface area contributed by atoms with Crippen molar-refractivity contribution in [3.63, 3.8) is 0 Å². The van der Waals surface area contributed by atoms with E-state index in [1.165, 1.54) is 12.3 Å². The molecule has 0 saturated carbocycles. The lowest BCUT2D eigenvalue weighted by atomic mass is 10.1. The van der Waals surface area contributed by atoms with Crippen LogP contribution in [0.5, 0.6) is 0 Å². The Morgan fingerprint density at radius 3 is 2.62 bits per heavy atom.